The third-order valence-electron chi connectivity index (χ3n) is 2.44. The number of nitrogens with one attached hydrogen (secondary N) is 1. The molecule has 0 aliphatic heterocycles. The van der Waals surface area contributed by atoms with Crippen molar-refractivity contribution in [1.29, 1.82) is 0 Å². The zero-order chi connectivity index (χ0) is 17.1. The maximum atomic E-state index is 11.6. The van der Waals surface area contributed by atoms with Gasteiger partial charge in [-0.3, -0.25) is 14.9 Å². The fourth-order valence-corrected chi connectivity index (χ4v) is 2.23. The number of anilines is 1. The van der Waals surface area contributed by atoms with Crippen molar-refractivity contribution in [3.8, 4) is 0 Å². The van der Waals surface area contributed by atoms with Crippen molar-refractivity contribution in [2.24, 2.45) is 0 Å². The monoisotopic (exact) mass is 330 g/mol. The number of nitro benzene ring substituents is 1. The van der Waals surface area contributed by atoms with E-state index in [1.165, 1.54) is 12.1 Å². The van der Waals surface area contributed by atoms with E-state index in [0.29, 0.717) is 0 Å². The summed E-state index contributed by atoms with van der Waals surface area (Å²) in [5.41, 5.74) is -1.04. The highest BCUT2D eigenvalue weighted by Crippen LogP contribution is 2.27. The van der Waals surface area contributed by atoms with Gasteiger partial charge in [0, 0.05) is 12.3 Å². The molecule has 9 heteroatoms. The summed E-state index contributed by atoms with van der Waals surface area (Å²) in [5.74, 6) is -0.575. The van der Waals surface area contributed by atoms with Crippen LogP contribution < -0.4 is 5.32 Å². The van der Waals surface area contributed by atoms with Crippen LogP contribution in [0.15, 0.2) is 23.1 Å². The molecule has 122 valence electrons. The molecule has 1 N–H and O–H groups in total. The standard InChI is InChI=1S/C13H18N2O6S/c1-13(2,3)21-12(16)8-14-10-6-5-9(22(4,19)20)7-11(10)15(17)18/h5-7,14H,8H2,1-4H3. The number of nitro groups is 1. The average Bonchev–Trinajstić information content (AvgIpc) is 2.32. The van der Waals surface area contributed by atoms with Gasteiger partial charge in [-0.15, -0.1) is 0 Å². The Hall–Kier alpha value is -2.16. The summed E-state index contributed by atoms with van der Waals surface area (Å²) in [6.45, 7) is 4.84. The van der Waals surface area contributed by atoms with E-state index in [0.717, 1.165) is 12.3 Å². The molecule has 0 saturated heterocycles. The molecule has 0 radical (unpaired) electrons. The van der Waals surface area contributed by atoms with Gasteiger partial charge in [-0.25, -0.2) is 8.42 Å². The largest absolute Gasteiger partial charge is 0.459 e. The van der Waals surface area contributed by atoms with Crippen LogP contribution >= 0.6 is 0 Å². The normalized spacial score (nSPS) is 11.8. The Bertz CT molecular complexity index is 691. The van der Waals surface area contributed by atoms with Crippen LogP contribution in [-0.4, -0.2) is 37.7 Å². The van der Waals surface area contributed by atoms with Gasteiger partial charge in [0.1, 0.15) is 17.8 Å². The summed E-state index contributed by atoms with van der Waals surface area (Å²) >= 11 is 0. The third kappa shape index (κ3) is 5.32. The highest BCUT2D eigenvalue weighted by molar-refractivity contribution is 7.90. The van der Waals surface area contributed by atoms with E-state index in [2.05, 4.69) is 5.32 Å². The highest BCUT2D eigenvalue weighted by Gasteiger charge is 2.20. The maximum Gasteiger partial charge on any atom is 0.325 e. The first-order valence-electron chi connectivity index (χ1n) is 6.34. The quantitative estimate of drug-likeness (QED) is 0.496. The number of hydrogen-bond acceptors (Lipinski definition) is 7. The van der Waals surface area contributed by atoms with Gasteiger partial charge >= 0.3 is 5.97 Å². The smallest absolute Gasteiger partial charge is 0.325 e. The van der Waals surface area contributed by atoms with Gasteiger partial charge in [-0.05, 0) is 32.9 Å². The summed E-state index contributed by atoms with van der Waals surface area (Å²) in [4.78, 5) is 21.7. The maximum absolute atomic E-state index is 11.6. The molecule has 0 fully saturated rings. The molecule has 1 aromatic rings. The van der Waals surface area contributed by atoms with Crippen LogP contribution in [0.1, 0.15) is 20.8 Å². The molecule has 0 saturated carbocycles. The van der Waals surface area contributed by atoms with Crippen LogP contribution in [0.3, 0.4) is 0 Å². The molecular formula is C13H18N2O6S. The molecule has 0 aliphatic rings. The molecule has 0 unspecified atom stereocenters. The van der Waals surface area contributed by atoms with Gasteiger partial charge in [-0.2, -0.15) is 0 Å². The predicted molar refractivity (Wildman–Crippen MR) is 80.5 cm³/mol. The van der Waals surface area contributed by atoms with E-state index in [4.69, 9.17) is 4.74 Å². The number of nitrogens with zero attached hydrogens (tertiary/aromatic N) is 1. The summed E-state index contributed by atoms with van der Waals surface area (Å²) in [5, 5.41) is 13.6. The lowest BCUT2D eigenvalue weighted by Crippen LogP contribution is -2.28. The van der Waals surface area contributed by atoms with Gasteiger partial charge in [0.25, 0.3) is 5.69 Å². The molecule has 0 aliphatic carbocycles. The zero-order valence-electron chi connectivity index (χ0n) is 12.7. The van der Waals surface area contributed by atoms with E-state index >= 15 is 0 Å². The fourth-order valence-electron chi connectivity index (χ4n) is 1.59. The first kappa shape index (κ1) is 17.9. The lowest BCUT2D eigenvalue weighted by Gasteiger charge is -2.19. The number of ether oxygens (including phenoxy) is 1. The van der Waals surface area contributed by atoms with Crippen LogP contribution in [0.5, 0.6) is 0 Å². The summed E-state index contributed by atoms with van der Waals surface area (Å²) in [6.07, 6.45) is 0.958. The highest BCUT2D eigenvalue weighted by atomic mass is 32.2. The van der Waals surface area contributed by atoms with E-state index in [1.807, 2.05) is 0 Å². The fraction of sp³-hybridized carbons (Fsp3) is 0.462. The van der Waals surface area contributed by atoms with Crippen LogP contribution in [0.25, 0.3) is 0 Å². The van der Waals surface area contributed by atoms with Gasteiger partial charge in [0.15, 0.2) is 9.84 Å². The van der Waals surface area contributed by atoms with Gasteiger partial charge in [0.05, 0.1) is 9.82 Å². The van der Waals surface area contributed by atoms with Crippen molar-refractivity contribution in [3.05, 3.63) is 28.3 Å². The summed E-state index contributed by atoms with van der Waals surface area (Å²) in [6, 6.07) is 3.44. The van der Waals surface area contributed by atoms with Crippen molar-refractivity contribution in [2.45, 2.75) is 31.3 Å². The lowest BCUT2D eigenvalue weighted by atomic mass is 10.2. The molecule has 8 nitrogen and oxygen atoms in total. The van der Waals surface area contributed by atoms with Crippen LogP contribution in [0.4, 0.5) is 11.4 Å². The van der Waals surface area contributed by atoms with Crippen molar-refractivity contribution in [1.82, 2.24) is 0 Å². The van der Waals surface area contributed by atoms with Crippen LogP contribution in [-0.2, 0) is 19.4 Å². The molecule has 1 aromatic carbocycles. The molecule has 0 atom stereocenters. The Balaban J connectivity index is 2.96. The number of rotatable bonds is 5. The average molecular weight is 330 g/mol. The summed E-state index contributed by atoms with van der Waals surface area (Å²) in [7, 11) is -3.55. The molecule has 0 amide bonds. The molecule has 1 rings (SSSR count). The van der Waals surface area contributed by atoms with E-state index in [9.17, 15) is 23.3 Å². The Morgan fingerprint density at radius 1 is 1.36 bits per heavy atom. The second kappa shape index (κ2) is 6.30. The van der Waals surface area contributed by atoms with Crippen LogP contribution in [0.2, 0.25) is 0 Å². The zero-order valence-corrected chi connectivity index (χ0v) is 13.6. The number of carbonyl (C=O) groups excluding carboxylic acids is 1. The number of carbonyl (C=O) groups is 1. The molecule has 0 spiro atoms. The summed E-state index contributed by atoms with van der Waals surface area (Å²) < 4.78 is 27.9. The minimum absolute atomic E-state index is 0.0447. The Morgan fingerprint density at radius 3 is 2.41 bits per heavy atom. The second-order valence-corrected chi connectivity index (χ2v) is 7.66. The first-order valence-corrected chi connectivity index (χ1v) is 8.23. The Labute approximate surface area is 128 Å². The second-order valence-electron chi connectivity index (χ2n) is 5.65. The Morgan fingerprint density at radius 2 is 1.95 bits per heavy atom. The van der Waals surface area contributed by atoms with Crippen molar-refractivity contribution >= 4 is 27.2 Å². The van der Waals surface area contributed by atoms with Gasteiger partial charge in [0.2, 0.25) is 0 Å². The third-order valence-corrected chi connectivity index (χ3v) is 3.55. The first-order chi connectivity index (χ1) is 9.90. The predicted octanol–water partition coefficient (Wildman–Crippen LogP) is 1.75. The van der Waals surface area contributed by atoms with E-state index < -0.39 is 32.0 Å². The van der Waals surface area contributed by atoms with E-state index in [-0.39, 0.29) is 17.1 Å². The number of sulfone groups is 1. The molecule has 0 aromatic heterocycles. The number of hydrogen-bond donors (Lipinski definition) is 1. The van der Waals surface area contributed by atoms with Gasteiger partial charge < -0.3 is 10.1 Å². The minimum Gasteiger partial charge on any atom is -0.459 e. The van der Waals surface area contributed by atoms with Crippen molar-refractivity contribution in [2.75, 3.05) is 18.1 Å². The lowest BCUT2D eigenvalue weighted by molar-refractivity contribution is -0.384. The van der Waals surface area contributed by atoms with E-state index in [1.54, 1.807) is 20.8 Å². The molecule has 0 bridgehead atoms. The van der Waals surface area contributed by atoms with Gasteiger partial charge in [-0.1, -0.05) is 0 Å². The Kier molecular flexibility index (Phi) is 5.13. The molecule has 22 heavy (non-hydrogen) atoms. The SMILES string of the molecule is CC(C)(C)OC(=O)CNc1ccc(S(C)(=O)=O)cc1[N+](=O)[O-]. The molecule has 0 heterocycles. The topological polar surface area (TPSA) is 116 Å². The van der Waals surface area contributed by atoms with Crippen LogP contribution in [0, 0.1) is 10.1 Å². The minimum atomic E-state index is -3.55. The van der Waals surface area contributed by atoms with Crippen molar-refractivity contribution in [3.63, 3.8) is 0 Å². The number of benzene rings is 1. The molecular weight excluding hydrogens is 312 g/mol. The number of esters is 1. The van der Waals surface area contributed by atoms with Crippen molar-refractivity contribution < 1.29 is 22.9 Å².